The topological polar surface area (TPSA) is 101 Å². The molecule has 6 rings (SSSR count). The van der Waals surface area contributed by atoms with Gasteiger partial charge in [-0.2, -0.15) is 14.6 Å². The second-order valence-corrected chi connectivity index (χ2v) is 8.74. The summed E-state index contributed by atoms with van der Waals surface area (Å²) < 4.78 is 15.5. The first-order valence-electron chi connectivity index (χ1n) is 11.2. The third kappa shape index (κ3) is 3.40. The summed E-state index contributed by atoms with van der Waals surface area (Å²) in [5.41, 5.74) is 7.55. The molecule has 0 saturated heterocycles. The van der Waals surface area contributed by atoms with Crippen molar-refractivity contribution >= 4 is 22.9 Å². The molecule has 170 valence electrons. The van der Waals surface area contributed by atoms with Crippen LogP contribution >= 0.6 is 0 Å². The van der Waals surface area contributed by atoms with Gasteiger partial charge in [-0.3, -0.25) is 4.98 Å². The number of benzene rings is 1. The van der Waals surface area contributed by atoms with Crippen LogP contribution in [0.15, 0.2) is 59.7 Å². The minimum absolute atomic E-state index is 0.154. The number of halogens is 1. The minimum atomic E-state index is -0.469. The van der Waals surface area contributed by atoms with Crippen LogP contribution in [0.5, 0.6) is 0 Å². The number of rotatable bonds is 4. The minimum Gasteiger partial charge on any atom is -0.411 e. The van der Waals surface area contributed by atoms with Crippen molar-refractivity contribution in [2.24, 2.45) is 5.16 Å². The molecule has 0 bridgehead atoms. The Morgan fingerprint density at radius 2 is 2.09 bits per heavy atom. The number of hydrogen-bond donors (Lipinski definition) is 2. The molecule has 3 heterocycles. The van der Waals surface area contributed by atoms with Crippen molar-refractivity contribution in [3.63, 3.8) is 0 Å². The molecule has 2 N–H and O–H groups in total. The van der Waals surface area contributed by atoms with E-state index in [0.29, 0.717) is 34.3 Å². The summed E-state index contributed by atoms with van der Waals surface area (Å²) in [6.45, 7) is 1.67. The average molecular weight is 455 g/mol. The quantitative estimate of drug-likeness (QED) is 0.267. The molecule has 1 aromatic carbocycles. The van der Waals surface area contributed by atoms with Gasteiger partial charge in [0.1, 0.15) is 5.82 Å². The van der Waals surface area contributed by atoms with Crippen LogP contribution in [0, 0.1) is 5.82 Å². The van der Waals surface area contributed by atoms with Crippen LogP contribution < -0.4 is 5.32 Å². The highest BCUT2D eigenvalue weighted by Gasteiger charge is 2.29. The number of anilines is 1. The lowest BCUT2D eigenvalue weighted by Crippen LogP contribution is -2.25. The third-order valence-corrected chi connectivity index (χ3v) is 6.62. The van der Waals surface area contributed by atoms with Gasteiger partial charge in [-0.1, -0.05) is 35.0 Å². The van der Waals surface area contributed by atoms with Crippen LogP contribution in [0.4, 0.5) is 10.3 Å². The summed E-state index contributed by atoms with van der Waals surface area (Å²) >= 11 is 0. The molecule has 0 radical (unpaired) electrons. The van der Waals surface area contributed by atoms with E-state index in [1.165, 1.54) is 34.5 Å². The summed E-state index contributed by atoms with van der Waals surface area (Å²) in [4.78, 5) is 13.2. The van der Waals surface area contributed by atoms with E-state index in [1.807, 2.05) is 0 Å². The van der Waals surface area contributed by atoms with E-state index in [0.717, 1.165) is 31.9 Å². The largest absolute Gasteiger partial charge is 0.411 e. The Bertz CT molecular complexity index is 1490. The van der Waals surface area contributed by atoms with E-state index in [9.17, 15) is 9.60 Å². The van der Waals surface area contributed by atoms with Gasteiger partial charge >= 0.3 is 0 Å². The number of hydrogen-bond acceptors (Lipinski definition) is 7. The Labute approximate surface area is 194 Å². The maximum atomic E-state index is 13.9. The highest BCUT2D eigenvalue weighted by Crippen LogP contribution is 2.42. The SMILES string of the molecule is C/C(=N\O)c1cnn2c(N[C@@H]3CCC4=C(C3)c3ccccc3C4)nc(-c3cncc(F)c3)nc12. The van der Waals surface area contributed by atoms with Crippen LogP contribution in [0.1, 0.15) is 42.9 Å². The molecule has 3 aromatic heterocycles. The molecule has 0 unspecified atom stereocenters. The van der Waals surface area contributed by atoms with Gasteiger partial charge in [-0.15, -0.1) is 0 Å². The predicted octanol–water partition coefficient (Wildman–Crippen LogP) is 4.50. The summed E-state index contributed by atoms with van der Waals surface area (Å²) in [5, 5.41) is 20.6. The summed E-state index contributed by atoms with van der Waals surface area (Å²) in [6.07, 6.45) is 8.18. The maximum absolute atomic E-state index is 13.9. The van der Waals surface area contributed by atoms with Crippen molar-refractivity contribution in [3.8, 4) is 11.4 Å². The molecular weight excluding hydrogens is 433 g/mol. The molecule has 34 heavy (non-hydrogen) atoms. The molecule has 1 atom stereocenters. The van der Waals surface area contributed by atoms with E-state index in [-0.39, 0.29) is 6.04 Å². The number of aromatic nitrogens is 5. The maximum Gasteiger partial charge on any atom is 0.228 e. The molecule has 0 spiro atoms. The Morgan fingerprint density at radius 1 is 1.21 bits per heavy atom. The van der Waals surface area contributed by atoms with Crippen molar-refractivity contribution < 1.29 is 9.60 Å². The number of nitrogens with zero attached hydrogens (tertiary/aromatic N) is 6. The number of allylic oxidation sites excluding steroid dienone is 1. The van der Waals surface area contributed by atoms with Crippen molar-refractivity contribution in [2.75, 3.05) is 5.32 Å². The molecule has 8 nitrogen and oxygen atoms in total. The standard InChI is InChI=1S/C25H22FN7O/c1-14(32-34)22-13-28-33-24(22)30-23(17-9-18(26)12-27-11-17)31-25(33)29-19-7-6-16-8-15-4-2-3-5-20(15)21(16)10-19/h2-5,9,11-13,19,34H,6-8,10H2,1H3,(H,29,30,31)/b32-14+/t19-/m1/s1. The number of oxime groups is 1. The summed E-state index contributed by atoms with van der Waals surface area (Å²) in [6, 6.07) is 10.1. The van der Waals surface area contributed by atoms with Gasteiger partial charge in [0.05, 0.1) is 23.7 Å². The van der Waals surface area contributed by atoms with Crippen LogP contribution in [0.3, 0.4) is 0 Å². The van der Waals surface area contributed by atoms with Gasteiger partial charge in [0.25, 0.3) is 0 Å². The molecule has 2 aliphatic rings. The predicted molar refractivity (Wildman–Crippen MR) is 126 cm³/mol. The lowest BCUT2D eigenvalue weighted by Gasteiger charge is -2.26. The normalized spacial score (nSPS) is 17.7. The van der Waals surface area contributed by atoms with Crippen LogP contribution in [-0.4, -0.2) is 41.5 Å². The molecule has 2 aliphatic carbocycles. The van der Waals surface area contributed by atoms with Crippen LogP contribution in [-0.2, 0) is 6.42 Å². The number of fused-ring (bicyclic) bond motifs is 3. The van der Waals surface area contributed by atoms with Gasteiger partial charge in [0, 0.05) is 17.8 Å². The summed E-state index contributed by atoms with van der Waals surface area (Å²) in [7, 11) is 0. The Morgan fingerprint density at radius 3 is 2.94 bits per heavy atom. The highest BCUT2D eigenvalue weighted by atomic mass is 19.1. The fraction of sp³-hybridized carbons (Fsp3) is 0.240. The Balaban J connectivity index is 1.40. The van der Waals surface area contributed by atoms with E-state index in [4.69, 9.17) is 0 Å². The average Bonchev–Trinajstić information content (AvgIpc) is 3.45. The van der Waals surface area contributed by atoms with Gasteiger partial charge in [0.2, 0.25) is 5.95 Å². The lowest BCUT2D eigenvalue weighted by atomic mass is 9.88. The van der Waals surface area contributed by atoms with Crippen molar-refractivity contribution in [1.82, 2.24) is 24.6 Å². The fourth-order valence-electron chi connectivity index (χ4n) is 4.94. The molecule has 0 aliphatic heterocycles. The number of nitrogens with one attached hydrogen (secondary N) is 1. The zero-order valence-electron chi connectivity index (χ0n) is 18.5. The monoisotopic (exact) mass is 455 g/mol. The van der Waals surface area contributed by atoms with Gasteiger partial charge in [-0.25, -0.2) is 9.37 Å². The van der Waals surface area contributed by atoms with Crippen molar-refractivity contribution in [1.29, 1.82) is 0 Å². The van der Waals surface area contributed by atoms with E-state index in [2.05, 4.69) is 54.8 Å². The molecular formula is C25H22FN7O. The second kappa shape index (κ2) is 8.02. The molecule has 0 fully saturated rings. The first kappa shape index (κ1) is 20.5. The second-order valence-electron chi connectivity index (χ2n) is 8.74. The molecule has 4 aromatic rings. The van der Waals surface area contributed by atoms with Crippen molar-refractivity contribution in [2.45, 2.75) is 38.6 Å². The van der Waals surface area contributed by atoms with Crippen LogP contribution in [0.2, 0.25) is 0 Å². The Kier molecular flexibility index (Phi) is 4.83. The first-order valence-corrected chi connectivity index (χ1v) is 11.2. The lowest BCUT2D eigenvalue weighted by molar-refractivity contribution is 0.319. The molecule has 0 saturated carbocycles. The van der Waals surface area contributed by atoms with E-state index in [1.54, 1.807) is 17.6 Å². The summed E-state index contributed by atoms with van der Waals surface area (Å²) in [5.74, 6) is 0.349. The van der Waals surface area contributed by atoms with Crippen molar-refractivity contribution in [3.05, 3.63) is 77.0 Å². The van der Waals surface area contributed by atoms with Gasteiger partial charge in [0.15, 0.2) is 11.5 Å². The van der Waals surface area contributed by atoms with E-state index < -0.39 is 5.82 Å². The third-order valence-electron chi connectivity index (χ3n) is 6.62. The first-order chi connectivity index (χ1) is 16.6. The number of pyridine rings is 1. The smallest absolute Gasteiger partial charge is 0.228 e. The molecule has 0 amide bonds. The Hall–Kier alpha value is -4.14. The van der Waals surface area contributed by atoms with Crippen LogP contribution in [0.25, 0.3) is 22.6 Å². The van der Waals surface area contributed by atoms with E-state index >= 15 is 0 Å². The highest BCUT2D eigenvalue weighted by molar-refractivity contribution is 6.03. The zero-order chi connectivity index (χ0) is 23.2. The van der Waals surface area contributed by atoms with Gasteiger partial charge < -0.3 is 10.5 Å². The van der Waals surface area contributed by atoms with Gasteiger partial charge in [-0.05, 0) is 55.4 Å². The fourth-order valence-corrected chi connectivity index (χ4v) is 4.94. The molecule has 9 heteroatoms. The zero-order valence-corrected chi connectivity index (χ0v) is 18.5.